The second-order valence-electron chi connectivity index (χ2n) is 3.64. The third-order valence-corrected chi connectivity index (χ3v) is 2.08. The summed E-state index contributed by atoms with van der Waals surface area (Å²) in [6.45, 7) is 4.83. The fraction of sp³-hybridized carbons (Fsp3) is 0.417. The van der Waals surface area contributed by atoms with Crippen molar-refractivity contribution in [1.82, 2.24) is 5.32 Å². The van der Waals surface area contributed by atoms with Crippen molar-refractivity contribution in [2.45, 2.75) is 19.4 Å². The van der Waals surface area contributed by atoms with Crippen molar-refractivity contribution in [3.63, 3.8) is 0 Å². The van der Waals surface area contributed by atoms with E-state index in [1.807, 2.05) is 25.6 Å². The van der Waals surface area contributed by atoms with Crippen molar-refractivity contribution in [3.05, 3.63) is 36.4 Å². The summed E-state index contributed by atoms with van der Waals surface area (Å²) >= 11 is 0. The third-order valence-electron chi connectivity index (χ3n) is 2.08. The van der Waals surface area contributed by atoms with Gasteiger partial charge in [-0.15, -0.1) is 6.42 Å². The maximum Gasteiger partial charge on any atom is 1.00 e. The van der Waals surface area contributed by atoms with E-state index < -0.39 is 0 Å². The molecule has 1 atom stereocenters. The molecule has 0 amide bonds. The van der Waals surface area contributed by atoms with Crippen LogP contribution in [0.4, 0.5) is 0 Å². The van der Waals surface area contributed by atoms with Crippen LogP contribution in [0.15, 0.2) is 24.3 Å². The zero-order chi connectivity index (χ0) is 11.1. The number of methoxy groups -OCH3 is 1. The van der Waals surface area contributed by atoms with Crippen LogP contribution in [0.25, 0.3) is 0 Å². The minimum atomic E-state index is 0. The molecule has 0 aliphatic rings. The molecule has 0 aliphatic carbocycles. The molecule has 0 fully saturated rings. The molecule has 84 valence electrons. The van der Waals surface area contributed by atoms with Crippen molar-refractivity contribution < 1.29 is 62.9 Å². The molecule has 0 saturated heterocycles. The van der Waals surface area contributed by atoms with E-state index in [-0.39, 0.29) is 64.2 Å². The quantitative estimate of drug-likeness (QED) is 0.487. The molecule has 0 heterocycles. The van der Waals surface area contributed by atoms with Gasteiger partial charge in [-0.25, -0.2) is 0 Å². The molecule has 16 heavy (non-hydrogen) atoms. The Bertz CT molecular complexity index is 275. The Morgan fingerprint density at radius 2 is 2.00 bits per heavy atom. The van der Waals surface area contributed by atoms with Crippen LogP contribution in [0.2, 0.25) is 0 Å². The van der Waals surface area contributed by atoms with Crippen molar-refractivity contribution in [1.29, 1.82) is 0 Å². The van der Waals surface area contributed by atoms with Gasteiger partial charge in [0, 0.05) is 6.04 Å². The molecule has 1 aromatic carbocycles. The Morgan fingerprint density at radius 3 is 2.50 bits per heavy atom. The average Bonchev–Trinajstić information content (AvgIpc) is 2.25. The molecule has 1 unspecified atom stereocenters. The van der Waals surface area contributed by atoms with Gasteiger partial charge in [-0.2, -0.15) is 0 Å². The van der Waals surface area contributed by atoms with Gasteiger partial charge in [0.15, 0.2) is 0 Å². The zero-order valence-corrected chi connectivity index (χ0v) is 15.3. The topological polar surface area (TPSA) is 47.3 Å². The number of nitrogens with two attached hydrogens (primary N) is 1. The van der Waals surface area contributed by atoms with Crippen molar-refractivity contribution in [3.8, 4) is 5.75 Å². The number of rotatable bonds is 6. The number of benzene rings is 1. The molecule has 0 bridgehead atoms. The normalized spacial score (nSPS) is 11.7. The molecule has 0 saturated carbocycles. The predicted octanol–water partition coefficient (Wildman–Crippen LogP) is -1.66. The third kappa shape index (κ3) is 7.15. The van der Waals surface area contributed by atoms with Crippen LogP contribution in [0, 0.1) is 6.54 Å². The average molecular weight is 293 g/mol. The molecular formula is C12H19N2ORb. The second kappa shape index (κ2) is 9.74. The first kappa shape index (κ1) is 16.7. The second-order valence-corrected chi connectivity index (χ2v) is 3.64. The van der Waals surface area contributed by atoms with Crippen molar-refractivity contribution in [2.24, 2.45) is 5.73 Å². The molecule has 1 rings (SSSR count). The number of nitrogens with one attached hydrogen (secondary N) is 1. The Kier molecular flexibility index (Phi) is 10.2. The van der Waals surface area contributed by atoms with Gasteiger partial charge >= 0.3 is 58.2 Å². The maximum absolute atomic E-state index is 5.61. The van der Waals surface area contributed by atoms with Crippen LogP contribution in [0.3, 0.4) is 0 Å². The van der Waals surface area contributed by atoms with Gasteiger partial charge in [0.2, 0.25) is 0 Å². The van der Waals surface area contributed by atoms with Gasteiger partial charge in [0.25, 0.3) is 0 Å². The van der Waals surface area contributed by atoms with Gasteiger partial charge in [-0.3, -0.25) is 6.54 Å². The Morgan fingerprint density at radius 1 is 1.38 bits per heavy atom. The van der Waals surface area contributed by atoms with Crippen LogP contribution >= 0.6 is 0 Å². The van der Waals surface area contributed by atoms with E-state index in [0.29, 0.717) is 0 Å². The number of hydrogen-bond donors (Lipinski definition) is 2. The molecule has 0 aliphatic heterocycles. The van der Waals surface area contributed by atoms with Gasteiger partial charge in [0.05, 0.1) is 7.11 Å². The zero-order valence-electron chi connectivity index (χ0n) is 10.4. The first-order valence-corrected chi connectivity index (χ1v) is 5.16. The minimum Gasteiger partial charge on any atom is -0.497 e. The fourth-order valence-corrected chi connectivity index (χ4v) is 1.22. The SMILES string of the molecule is COc1ccc(C[CH-]NCC(C)N)cc1.[Rb+]. The Hall–Kier alpha value is 0.745. The molecule has 3 N–H and O–H groups in total. The van der Waals surface area contributed by atoms with E-state index in [9.17, 15) is 0 Å². The summed E-state index contributed by atoms with van der Waals surface area (Å²) in [4.78, 5) is 0. The van der Waals surface area contributed by atoms with Gasteiger partial charge < -0.3 is 15.8 Å². The molecule has 3 nitrogen and oxygen atoms in total. The Labute approximate surface area is 147 Å². The maximum atomic E-state index is 5.61. The van der Waals surface area contributed by atoms with E-state index in [1.54, 1.807) is 7.11 Å². The smallest absolute Gasteiger partial charge is 0.497 e. The van der Waals surface area contributed by atoms with Crippen LogP contribution in [0.1, 0.15) is 12.5 Å². The molecule has 4 heteroatoms. The number of ether oxygens (including phenoxy) is 1. The van der Waals surface area contributed by atoms with E-state index in [0.717, 1.165) is 18.7 Å². The first-order chi connectivity index (χ1) is 7.22. The standard InChI is InChI=1S/C12H19N2O.Rb/c1-10(13)9-14-8-7-11-3-5-12(15-2)6-4-11;/h3-6,8,10,14H,7,9,13H2,1-2H3;/q-1;+1. The van der Waals surface area contributed by atoms with Gasteiger partial charge in [-0.05, 0) is 25.6 Å². The number of hydrogen-bond acceptors (Lipinski definition) is 3. The molecule has 0 aromatic heterocycles. The molecule has 0 radical (unpaired) electrons. The fourth-order valence-electron chi connectivity index (χ4n) is 1.22. The summed E-state index contributed by atoms with van der Waals surface area (Å²) < 4.78 is 5.08. The summed E-state index contributed by atoms with van der Waals surface area (Å²) in [5.74, 6) is 0.891. The predicted molar refractivity (Wildman–Crippen MR) is 62.7 cm³/mol. The monoisotopic (exact) mass is 292 g/mol. The molecular weight excluding hydrogens is 274 g/mol. The first-order valence-electron chi connectivity index (χ1n) is 5.16. The van der Waals surface area contributed by atoms with Crippen LogP contribution in [-0.4, -0.2) is 19.7 Å². The molecule has 1 aromatic rings. The summed E-state index contributed by atoms with van der Waals surface area (Å²) in [5.41, 5.74) is 6.87. The Balaban J connectivity index is 0.00000225. The van der Waals surface area contributed by atoms with E-state index in [4.69, 9.17) is 10.5 Å². The van der Waals surface area contributed by atoms with Crippen molar-refractivity contribution in [2.75, 3.05) is 13.7 Å². The van der Waals surface area contributed by atoms with Gasteiger partial charge in [0.1, 0.15) is 5.75 Å². The van der Waals surface area contributed by atoms with E-state index in [1.165, 1.54) is 5.56 Å². The summed E-state index contributed by atoms with van der Waals surface area (Å²) in [6, 6.07) is 8.24. The van der Waals surface area contributed by atoms with E-state index in [2.05, 4.69) is 17.4 Å². The molecule has 0 spiro atoms. The summed E-state index contributed by atoms with van der Waals surface area (Å²) in [6.07, 6.45) is 0.900. The minimum absolute atomic E-state index is 0. The van der Waals surface area contributed by atoms with Gasteiger partial charge in [-0.1, -0.05) is 17.7 Å². The van der Waals surface area contributed by atoms with Crippen LogP contribution < -0.4 is 74.0 Å². The van der Waals surface area contributed by atoms with Crippen molar-refractivity contribution >= 4 is 0 Å². The van der Waals surface area contributed by atoms with Crippen LogP contribution in [-0.2, 0) is 6.42 Å². The summed E-state index contributed by atoms with van der Waals surface area (Å²) in [5, 5.41) is 3.18. The van der Waals surface area contributed by atoms with E-state index >= 15 is 0 Å². The summed E-state index contributed by atoms with van der Waals surface area (Å²) in [7, 11) is 1.67. The van der Waals surface area contributed by atoms with Crippen LogP contribution in [0.5, 0.6) is 5.75 Å². The largest absolute Gasteiger partial charge is 1.00 e.